The van der Waals surface area contributed by atoms with E-state index in [1.165, 1.54) is 0 Å². The second-order valence-electron chi connectivity index (χ2n) is 7.59. The van der Waals surface area contributed by atoms with Crippen molar-refractivity contribution in [1.29, 1.82) is 0 Å². The molecule has 0 aromatic carbocycles. The van der Waals surface area contributed by atoms with E-state index < -0.39 is 17.7 Å². The van der Waals surface area contributed by atoms with Gasteiger partial charge in [-0.15, -0.1) is 6.58 Å². The Hall–Kier alpha value is -2.82. The first-order chi connectivity index (χ1) is 14.4. The zero-order chi connectivity index (χ0) is 23.4. The maximum absolute atomic E-state index is 13.0. The van der Waals surface area contributed by atoms with E-state index in [1.807, 2.05) is 46.8 Å². The fourth-order valence-corrected chi connectivity index (χ4v) is 3.89. The van der Waals surface area contributed by atoms with E-state index >= 15 is 0 Å². The number of amides is 2. The molecule has 0 unspecified atom stereocenters. The maximum atomic E-state index is 13.0. The van der Waals surface area contributed by atoms with Crippen molar-refractivity contribution in [3.8, 4) is 0 Å². The van der Waals surface area contributed by atoms with Crippen molar-refractivity contribution in [3.63, 3.8) is 0 Å². The number of likely N-dealkylation sites (N-methyl/N-ethyl adjacent to an activating group) is 1. The van der Waals surface area contributed by atoms with Crippen LogP contribution in [0.2, 0.25) is 0 Å². The number of aryl methyl sites for hydroxylation is 1. The standard InChI is InChI=1S/C18H26N4O2.C2HF3O2/c1-4-9-22-14-13-20(3)18(17(22)24)7-11-21(12-8-18)16(23)15-6-5-10-19(15)2;3-2(4,5)1(6)7/h4-6,10H,1,7-9,11-14H2,2-3H3;(H,6,7). The average molecular weight is 444 g/mol. The number of aromatic nitrogens is 1. The van der Waals surface area contributed by atoms with Crippen LogP contribution in [-0.4, -0.2) is 93.6 Å². The smallest absolute Gasteiger partial charge is 0.475 e. The molecule has 8 nitrogen and oxygen atoms in total. The number of alkyl halides is 3. The molecule has 172 valence electrons. The third kappa shape index (κ3) is 5.27. The minimum Gasteiger partial charge on any atom is -0.475 e. The minimum absolute atomic E-state index is 0.0474. The maximum Gasteiger partial charge on any atom is 0.490 e. The molecule has 2 aliphatic rings. The van der Waals surface area contributed by atoms with Crippen molar-refractivity contribution in [2.75, 3.05) is 39.8 Å². The van der Waals surface area contributed by atoms with Gasteiger partial charge in [0.05, 0.1) is 0 Å². The van der Waals surface area contributed by atoms with E-state index in [2.05, 4.69) is 11.5 Å². The zero-order valence-corrected chi connectivity index (χ0v) is 17.6. The molecule has 0 atom stereocenters. The highest BCUT2D eigenvalue weighted by molar-refractivity contribution is 5.93. The molecular formula is C20H27F3N4O4. The van der Waals surface area contributed by atoms with Crippen molar-refractivity contribution >= 4 is 17.8 Å². The predicted molar refractivity (Wildman–Crippen MR) is 106 cm³/mol. The van der Waals surface area contributed by atoms with Crippen LogP contribution in [0.1, 0.15) is 23.3 Å². The van der Waals surface area contributed by atoms with Crippen molar-refractivity contribution in [2.24, 2.45) is 7.05 Å². The average Bonchev–Trinajstić information content (AvgIpc) is 3.14. The number of hydrogen-bond acceptors (Lipinski definition) is 4. The summed E-state index contributed by atoms with van der Waals surface area (Å²) in [6, 6.07) is 3.72. The van der Waals surface area contributed by atoms with Crippen LogP contribution in [0.25, 0.3) is 0 Å². The third-order valence-corrected chi connectivity index (χ3v) is 5.75. The first kappa shape index (κ1) is 24.4. The zero-order valence-electron chi connectivity index (χ0n) is 17.6. The highest BCUT2D eigenvalue weighted by Crippen LogP contribution is 2.33. The van der Waals surface area contributed by atoms with Crippen LogP contribution in [0.15, 0.2) is 31.0 Å². The molecule has 2 aliphatic heterocycles. The summed E-state index contributed by atoms with van der Waals surface area (Å²) < 4.78 is 33.6. The molecule has 1 aromatic rings. The Labute approximate surface area is 178 Å². The van der Waals surface area contributed by atoms with E-state index in [0.717, 1.165) is 13.1 Å². The molecule has 31 heavy (non-hydrogen) atoms. The highest BCUT2D eigenvalue weighted by Gasteiger charge is 2.49. The number of carboxylic acid groups (broad SMARTS) is 1. The molecule has 0 radical (unpaired) electrons. The Bertz CT molecular complexity index is 829. The summed E-state index contributed by atoms with van der Waals surface area (Å²) in [4.78, 5) is 40.5. The Morgan fingerprint density at radius 1 is 1.19 bits per heavy atom. The van der Waals surface area contributed by atoms with Gasteiger partial charge in [-0.2, -0.15) is 13.2 Å². The third-order valence-electron chi connectivity index (χ3n) is 5.75. The Kier molecular flexibility index (Phi) is 7.53. The van der Waals surface area contributed by atoms with E-state index in [-0.39, 0.29) is 11.8 Å². The van der Waals surface area contributed by atoms with Crippen LogP contribution >= 0.6 is 0 Å². The Balaban J connectivity index is 0.000000423. The van der Waals surface area contributed by atoms with E-state index in [4.69, 9.17) is 9.90 Å². The second kappa shape index (κ2) is 9.54. The van der Waals surface area contributed by atoms with Crippen LogP contribution in [-0.2, 0) is 16.6 Å². The largest absolute Gasteiger partial charge is 0.490 e. The van der Waals surface area contributed by atoms with Crippen LogP contribution in [0.3, 0.4) is 0 Å². The molecule has 0 aliphatic carbocycles. The van der Waals surface area contributed by atoms with Gasteiger partial charge in [0.2, 0.25) is 5.91 Å². The molecule has 0 saturated carbocycles. The summed E-state index contributed by atoms with van der Waals surface area (Å²) in [6.45, 7) is 7.19. The number of piperazine rings is 1. The molecule has 1 N–H and O–H groups in total. The number of carbonyl (C=O) groups excluding carboxylic acids is 2. The monoisotopic (exact) mass is 444 g/mol. The summed E-state index contributed by atoms with van der Waals surface area (Å²) in [5.41, 5.74) is 0.231. The Morgan fingerprint density at radius 3 is 2.23 bits per heavy atom. The lowest BCUT2D eigenvalue weighted by Crippen LogP contribution is -2.68. The van der Waals surface area contributed by atoms with E-state index in [1.54, 1.807) is 6.08 Å². The molecule has 3 rings (SSSR count). The predicted octanol–water partition coefficient (Wildman–Crippen LogP) is 1.59. The van der Waals surface area contributed by atoms with Gasteiger partial charge in [0, 0.05) is 46.0 Å². The lowest BCUT2D eigenvalue weighted by molar-refractivity contribution is -0.192. The van der Waals surface area contributed by atoms with E-state index in [0.29, 0.717) is 38.2 Å². The first-order valence-corrected chi connectivity index (χ1v) is 9.76. The minimum atomic E-state index is -5.08. The Morgan fingerprint density at radius 2 is 1.77 bits per heavy atom. The topological polar surface area (TPSA) is 86.1 Å². The lowest BCUT2D eigenvalue weighted by atomic mass is 9.82. The number of nitrogens with zero attached hydrogens (tertiary/aromatic N) is 4. The fraction of sp³-hybridized carbons (Fsp3) is 0.550. The van der Waals surface area contributed by atoms with Crippen molar-refractivity contribution < 1.29 is 32.7 Å². The van der Waals surface area contributed by atoms with Gasteiger partial charge < -0.3 is 19.5 Å². The van der Waals surface area contributed by atoms with Gasteiger partial charge in [-0.1, -0.05) is 6.08 Å². The summed E-state index contributed by atoms with van der Waals surface area (Å²) in [6.07, 6.45) is -0.0481. The molecule has 3 heterocycles. The van der Waals surface area contributed by atoms with Crippen LogP contribution in [0.5, 0.6) is 0 Å². The molecule has 2 saturated heterocycles. The highest BCUT2D eigenvalue weighted by atomic mass is 19.4. The van der Waals surface area contributed by atoms with Gasteiger partial charge in [-0.3, -0.25) is 14.5 Å². The van der Waals surface area contributed by atoms with Gasteiger partial charge in [0.1, 0.15) is 11.2 Å². The molecular weight excluding hydrogens is 417 g/mol. The normalized spacial score (nSPS) is 19.1. The number of piperidine rings is 1. The number of aliphatic carboxylic acids is 1. The SMILES string of the molecule is C=CCN1CCN(C)C2(CCN(C(=O)c3cccn3C)CC2)C1=O.O=C(O)C(F)(F)F. The number of halogens is 3. The van der Waals surface area contributed by atoms with Gasteiger partial charge in [-0.25, -0.2) is 4.79 Å². The van der Waals surface area contributed by atoms with Crippen molar-refractivity contribution in [3.05, 3.63) is 36.7 Å². The lowest BCUT2D eigenvalue weighted by Gasteiger charge is -2.51. The van der Waals surface area contributed by atoms with E-state index in [9.17, 15) is 22.8 Å². The summed E-state index contributed by atoms with van der Waals surface area (Å²) in [5, 5.41) is 7.12. The van der Waals surface area contributed by atoms with Crippen LogP contribution in [0, 0.1) is 0 Å². The van der Waals surface area contributed by atoms with Crippen molar-refractivity contribution in [2.45, 2.75) is 24.6 Å². The fourth-order valence-electron chi connectivity index (χ4n) is 3.89. The molecule has 1 spiro atoms. The van der Waals surface area contributed by atoms with Gasteiger partial charge >= 0.3 is 12.1 Å². The number of hydrogen-bond donors (Lipinski definition) is 1. The van der Waals surface area contributed by atoms with Crippen LogP contribution in [0.4, 0.5) is 13.2 Å². The van der Waals surface area contributed by atoms with Crippen LogP contribution < -0.4 is 0 Å². The molecule has 11 heteroatoms. The molecule has 2 amide bonds. The number of carboxylic acids is 1. The summed E-state index contributed by atoms with van der Waals surface area (Å²) in [7, 11) is 3.90. The number of carbonyl (C=O) groups is 3. The number of likely N-dealkylation sites (tertiary alicyclic amines) is 1. The van der Waals surface area contributed by atoms with Gasteiger partial charge in [0.15, 0.2) is 0 Å². The number of rotatable bonds is 3. The molecule has 1 aromatic heterocycles. The van der Waals surface area contributed by atoms with Gasteiger partial charge in [0.25, 0.3) is 5.91 Å². The van der Waals surface area contributed by atoms with Crippen molar-refractivity contribution in [1.82, 2.24) is 19.3 Å². The quantitative estimate of drug-likeness (QED) is 0.716. The summed E-state index contributed by atoms with van der Waals surface area (Å²) >= 11 is 0. The first-order valence-electron chi connectivity index (χ1n) is 9.76. The summed E-state index contributed by atoms with van der Waals surface area (Å²) in [5.74, 6) is -2.53. The molecule has 0 bridgehead atoms. The molecule has 2 fully saturated rings. The second-order valence-corrected chi connectivity index (χ2v) is 7.59. The van der Waals surface area contributed by atoms with Gasteiger partial charge in [-0.05, 0) is 32.0 Å².